The molecule has 0 bridgehead atoms. The number of ether oxygens (including phenoxy) is 5. The number of halogens is 2. The van der Waals surface area contributed by atoms with Crippen molar-refractivity contribution in [3.8, 4) is 0 Å². The molecule has 1 unspecified atom stereocenters. The van der Waals surface area contributed by atoms with Gasteiger partial charge in [-0.2, -0.15) is 8.78 Å². The van der Waals surface area contributed by atoms with Crippen LogP contribution in [-0.2, 0) is 23.7 Å². The van der Waals surface area contributed by atoms with Crippen LogP contribution in [-0.4, -0.2) is 55.2 Å². The summed E-state index contributed by atoms with van der Waals surface area (Å²) < 4.78 is 57.8. The van der Waals surface area contributed by atoms with Crippen LogP contribution >= 0.6 is 0 Å². The maximum absolute atomic E-state index is 14.0. The zero-order valence-corrected chi connectivity index (χ0v) is 18.1. The fraction of sp³-hybridized carbons (Fsp3) is 0.591. The zero-order chi connectivity index (χ0) is 22.6. The smallest absolute Gasteiger partial charge is 0.274 e. The van der Waals surface area contributed by atoms with Crippen molar-refractivity contribution in [2.75, 3.05) is 7.05 Å². The summed E-state index contributed by atoms with van der Waals surface area (Å²) in [6, 6.07) is 6.01. The normalized spacial score (nSPS) is 32.8. The predicted octanol–water partition coefficient (Wildman–Crippen LogP) is 3.44. The van der Waals surface area contributed by atoms with Crippen molar-refractivity contribution >= 4 is 11.5 Å². The highest BCUT2D eigenvalue weighted by atomic mass is 19.3. The molecule has 3 aliphatic rings. The predicted molar refractivity (Wildman–Crippen MR) is 106 cm³/mol. The van der Waals surface area contributed by atoms with Crippen LogP contribution in [0.2, 0.25) is 0 Å². The standard InChI is InChI=1S/C22H27F2NO6/c1-21(2)28-15-14(27-20-17(16(15)29-21)30-22(3,4)31-20)10-13(18(23)24)11-6-8-12(9-7-11)19(26)25-5/h6-9,14-17,20H,10H2,1-5H3,(H,25,26)/t14?,15-,16-,17+,20+/m0/s1. The van der Waals surface area contributed by atoms with Crippen LogP contribution in [0.1, 0.15) is 50.0 Å². The van der Waals surface area contributed by atoms with Crippen LogP contribution in [0.4, 0.5) is 8.78 Å². The van der Waals surface area contributed by atoms with E-state index in [1.54, 1.807) is 27.7 Å². The Kier molecular flexibility index (Phi) is 5.68. The molecule has 1 N–H and O–H groups in total. The summed E-state index contributed by atoms with van der Waals surface area (Å²) in [6.45, 7) is 7.06. The van der Waals surface area contributed by atoms with Gasteiger partial charge in [-0.05, 0) is 45.4 Å². The molecule has 3 fully saturated rings. The summed E-state index contributed by atoms with van der Waals surface area (Å²) in [5, 5.41) is 2.50. The van der Waals surface area contributed by atoms with Gasteiger partial charge in [0.25, 0.3) is 12.0 Å². The lowest BCUT2D eigenvalue weighted by Crippen LogP contribution is -2.54. The minimum absolute atomic E-state index is 0.116. The van der Waals surface area contributed by atoms with Gasteiger partial charge in [0.2, 0.25) is 0 Å². The molecule has 4 rings (SSSR count). The van der Waals surface area contributed by atoms with E-state index in [9.17, 15) is 13.6 Å². The molecular weight excluding hydrogens is 412 g/mol. The molecule has 3 aliphatic heterocycles. The molecule has 0 radical (unpaired) electrons. The van der Waals surface area contributed by atoms with Crippen LogP contribution in [0, 0.1) is 0 Å². The molecule has 31 heavy (non-hydrogen) atoms. The summed E-state index contributed by atoms with van der Waals surface area (Å²) in [6.07, 6.45) is -5.06. The maximum Gasteiger partial charge on any atom is 0.274 e. The fourth-order valence-corrected chi connectivity index (χ4v) is 4.33. The van der Waals surface area contributed by atoms with Gasteiger partial charge in [0.1, 0.15) is 18.3 Å². The maximum atomic E-state index is 14.0. The molecule has 1 aromatic carbocycles. The van der Waals surface area contributed by atoms with E-state index in [-0.39, 0.29) is 17.9 Å². The number of amides is 1. The molecule has 5 atom stereocenters. The first-order chi connectivity index (χ1) is 14.5. The molecule has 0 saturated carbocycles. The third-order valence-corrected chi connectivity index (χ3v) is 5.61. The van der Waals surface area contributed by atoms with E-state index in [2.05, 4.69) is 5.32 Å². The molecule has 3 saturated heterocycles. The Bertz CT molecular complexity index is 880. The van der Waals surface area contributed by atoms with Crippen LogP contribution in [0.25, 0.3) is 5.57 Å². The van der Waals surface area contributed by atoms with E-state index in [0.717, 1.165) is 0 Å². The lowest BCUT2D eigenvalue weighted by atomic mass is 9.91. The van der Waals surface area contributed by atoms with Gasteiger partial charge in [-0.3, -0.25) is 4.79 Å². The first-order valence-corrected chi connectivity index (χ1v) is 10.2. The van der Waals surface area contributed by atoms with E-state index in [1.807, 2.05) is 0 Å². The number of hydrogen-bond acceptors (Lipinski definition) is 6. The quantitative estimate of drug-likeness (QED) is 0.775. The van der Waals surface area contributed by atoms with Crippen LogP contribution in [0.5, 0.6) is 0 Å². The average molecular weight is 439 g/mol. The Morgan fingerprint density at radius 2 is 1.45 bits per heavy atom. The number of carbonyl (C=O) groups is 1. The Labute approximate surface area is 179 Å². The van der Waals surface area contributed by atoms with Gasteiger partial charge in [-0.1, -0.05) is 12.1 Å². The van der Waals surface area contributed by atoms with E-state index in [4.69, 9.17) is 23.7 Å². The largest absolute Gasteiger partial charge is 0.355 e. The molecule has 1 amide bonds. The molecule has 9 heteroatoms. The van der Waals surface area contributed by atoms with Crippen molar-refractivity contribution in [2.24, 2.45) is 0 Å². The Balaban J connectivity index is 1.60. The first kappa shape index (κ1) is 22.3. The lowest BCUT2D eigenvalue weighted by molar-refractivity contribution is -0.232. The number of fused-ring (bicyclic) bond motifs is 3. The Morgan fingerprint density at radius 1 is 0.903 bits per heavy atom. The number of nitrogens with one attached hydrogen (secondary N) is 1. The topological polar surface area (TPSA) is 75.3 Å². The van der Waals surface area contributed by atoms with E-state index in [0.29, 0.717) is 11.1 Å². The number of carbonyl (C=O) groups excluding carboxylic acids is 1. The summed E-state index contributed by atoms with van der Waals surface area (Å²) in [5.74, 6) is -2.08. The minimum atomic E-state index is -1.82. The second kappa shape index (κ2) is 7.90. The number of benzene rings is 1. The van der Waals surface area contributed by atoms with Gasteiger partial charge in [0.05, 0.1) is 6.10 Å². The summed E-state index contributed by atoms with van der Waals surface area (Å²) >= 11 is 0. The molecule has 7 nitrogen and oxygen atoms in total. The summed E-state index contributed by atoms with van der Waals surface area (Å²) in [4.78, 5) is 11.7. The SMILES string of the molecule is CNC(=O)c1ccc(C(CC2O[C@@H]3OC(C)(C)O[C@@H]3[C@H]3OC(C)(C)O[C@@H]23)=C(F)F)cc1. The number of rotatable bonds is 4. The van der Waals surface area contributed by atoms with Gasteiger partial charge in [0.15, 0.2) is 17.9 Å². The van der Waals surface area contributed by atoms with Gasteiger partial charge in [-0.25, -0.2) is 0 Å². The monoisotopic (exact) mass is 439 g/mol. The molecular formula is C22H27F2NO6. The van der Waals surface area contributed by atoms with Crippen molar-refractivity contribution in [1.82, 2.24) is 5.32 Å². The Hall–Kier alpha value is -1.91. The zero-order valence-electron chi connectivity index (χ0n) is 18.1. The molecule has 3 heterocycles. The van der Waals surface area contributed by atoms with Gasteiger partial charge < -0.3 is 29.0 Å². The highest BCUT2D eigenvalue weighted by Crippen LogP contribution is 2.46. The van der Waals surface area contributed by atoms with Crippen LogP contribution in [0.15, 0.2) is 30.3 Å². The number of hydrogen-bond donors (Lipinski definition) is 1. The van der Waals surface area contributed by atoms with Crippen LogP contribution < -0.4 is 5.32 Å². The van der Waals surface area contributed by atoms with Gasteiger partial charge in [0, 0.05) is 24.6 Å². The van der Waals surface area contributed by atoms with Crippen molar-refractivity contribution < 1.29 is 37.3 Å². The van der Waals surface area contributed by atoms with Crippen molar-refractivity contribution in [3.63, 3.8) is 0 Å². The molecule has 0 spiro atoms. The highest BCUT2D eigenvalue weighted by molar-refractivity contribution is 5.94. The summed E-state index contributed by atoms with van der Waals surface area (Å²) in [7, 11) is 1.51. The third kappa shape index (κ3) is 4.38. The third-order valence-electron chi connectivity index (χ3n) is 5.61. The molecule has 170 valence electrons. The minimum Gasteiger partial charge on any atom is -0.355 e. The van der Waals surface area contributed by atoms with Gasteiger partial charge in [-0.15, -0.1) is 0 Å². The lowest BCUT2D eigenvalue weighted by Gasteiger charge is -2.37. The average Bonchev–Trinajstić information content (AvgIpc) is 3.19. The van der Waals surface area contributed by atoms with E-state index in [1.165, 1.54) is 31.3 Å². The summed E-state index contributed by atoms with van der Waals surface area (Å²) in [5.41, 5.74) is 0.504. The molecule has 0 aliphatic carbocycles. The van der Waals surface area contributed by atoms with Crippen molar-refractivity contribution in [3.05, 3.63) is 41.5 Å². The molecule has 0 aromatic heterocycles. The Morgan fingerprint density at radius 3 is 2.06 bits per heavy atom. The van der Waals surface area contributed by atoms with E-state index >= 15 is 0 Å². The highest BCUT2D eigenvalue weighted by Gasteiger charge is 2.60. The second-order valence-electron chi connectivity index (χ2n) is 8.81. The van der Waals surface area contributed by atoms with E-state index < -0.39 is 48.4 Å². The fourth-order valence-electron chi connectivity index (χ4n) is 4.33. The first-order valence-electron chi connectivity index (χ1n) is 10.2. The van der Waals surface area contributed by atoms with Gasteiger partial charge >= 0.3 is 0 Å². The second-order valence-corrected chi connectivity index (χ2v) is 8.81. The van der Waals surface area contributed by atoms with Crippen LogP contribution in [0.3, 0.4) is 0 Å². The van der Waals surface area contributed by atoms with Crippen molar-refractivity contribution in [1.29, 1.82) is 0 Å². The molecule has 1 aromatic rings. The van der Waals surface area contributed by atoms with Crippen molar-refractivity contribution in [2.45, 2.75) is 76.4 Å².